The zero-order chi connectivity index (χ0) is 29.0. The Bertz CT molecular complexity index is 1550. The van der Waals surface area contributed by atoms with Crippen LogP contribution in [0.25, 0.3) is 5.82 Å². The van der Waals surface area contributed by atoms with E-state index < -0.39 is 22.1 Å². The quantitative estimate of drug-likeness (QED) is 0.186. The maximum Gasteiger partial charge on any atom is 0.271 e. The van der Waals surface area contributed by atoms with E-state index >= 15 is 0 Å². The lowest BCUT2D eigenvalue weighted by molar-refractivity contribution is -0.0301. The third-order valence-corrected chi connectivity index (χ3v) is 8.37. The maximum atomic E-state index is 13.8. The number of aliphatic hydroxyl groups is 1. The maximum absolute atomic E-state index is 13.8. The van der Waals surface area contributed by atoms with Crippen molar-refractivity contribution in [1.29, 1.82) is 5.41 Å². The van der Waals surface area contributed by atoms with Gasteiger partial charge in [0.1, 0.15) is 11.4 Å². The highest BCUT2D eigenvalue weighted by atomic mass is 31.0. The lowest BCUT2D eigenvalue weighted by Gasteiger charge is -2.36. The van der Waals surface area contributed by atoms with Crippen LogP contribution in [0.15, 0.2) is 36.5 Å². The minimum absolute atomic E-state index is 0.0783. The molecule has 3 heterocycles. The number of fused-ring (bicyclic) bond motifs is 3. The number of benzene rings is 1. The van der Waals surface area contributed by atoms with Gasteiger partial charge in [-0.25, -0.2) is 9.67 Å². The number of carbonyl (C=O) groups excluding carboxylic acids is 2. The van der Waals surface area contributed by atoms with E-state index in [1.165, 1.54) is 17.1 Å². The number of pyridine rings is 1. The summed E-state index contributed by atoms with van der Waals surface area (Å²) in [6.07, 6.45) is 6.69. The van der Waals surface area contributed by atoms with Gasteiger partial charge >= 0.3 is 0 Å². The van der Waals surface area contributed by atoms with Gasteiger partial charge in [-0.2, -0.15) is 5.10 Å². The lowest BCUT2D eigenvalue weighted by atomic mass is 9.80. The Hall–Kier alpha value is -3.56. The first-order chi connectivity index (χ1) is 19.5. The number of rotatable bonds is 8. The zero-order valence-corrected chi connectivity index (χ0v) is 24.0. The van der Waals surface area contributed by atoms with Crippen LogP contribution >= 0.6 is 9.24 Å². The zero-order valence-electron chi connectivity index (χ0n) is 22.9. The van der Waals surface area contributed by atoms with Gasteiger partial charge in [-0.1, -0.05) is 13.0 Å². The van der Waals surface area contributed by atoms with Crippen molar-refractivity contribution in [3.05, 3.63) is 70.2 Å². The van der Waals surface area contributed by atoms with Crippen LogP contribution in [0, 0.1) is 5.41 Å². The molecule has 1 aromatic carbocycles. The van der Waals surface area contributed by atoms with E-state index in [4.69, 9.17) is 23.1 Å². The topological polar surface area (TPSA) is 142 Å². The molecule has 210 valence electrons. The minimum Gasteiger partial charge on any atom is -0.493 e. The van der Waals surface area contributed by atoms with Crippen LogP contribution in [-0.2, 0) is 18.4 Å². The van der Waals surface area contributed by atoms with Gasteiger partial charge in [-0.15, -0.1) is 9.24 Å². The molecule has 0 saturated heterocycles. The van der Waals surface area contributed by atoms with Gasteiger partial charge in [0.15, 0.2) is 5.82 Å². The third-order valence-electron chi connectivity index (χ3n) is 8.20. The number of aryl methyl sites for hydroxylation is 1. The predicted molar refractivity (Wildman–Crippen MR) is 157 cm³/mol. The first-order valence-electron chi connectivity index (χ1n) is 13.8. The summed E-state index contributed by atoms with van der Waals surface area (Å²) in [4.78, 5) is 31.7. The average Bonchev–Trinajstić information content (AvgIpc) is 3.48. The predicted octanol–water partition coefficient (Wildman–Crippen LogP) is 2.18. The molecule has 3 aromatic rings. The second kappa shape index (κ2) is 10.1. The van der Waals surface area contributed by atoms with E-state index in [0.717, 1.165) is 29.7 Å². The summed E-state index contributed by atoms with van der Waals surface area (Å²) in [5, 5.41) is 28.3. The summed E-state index contributed by atoms with van der Waals surface area (Å²) in [5.41, 5.74) is 1.90. The van der Waals surface area contributed by atoms with Crippen molar-refractivity contribution in [3.63, 3.8) is 0 Å². The summed E-state index contributed by atoms with van der Waals surface area (Å²) in [6.45, 7) is 2.31. The fourth-order valence-corrected chi connectivity index (χ4v) is 5.96. The highest BCUT2D eigenvalue weighted by molar-refractivity contribution is 7.22. The normalized spacial score (nSPS) is 21.7. The molecule has 2 aromatic heterocycles. The Morgan fingerprint density at radius 2 is 2.15 bits per heavy atom. The van der Waals surface area contributed by atoms with Crippen molar-refractivity contribution < 1.29 is 19.4 Å². The molecule has 1 aliphatic heterocycles. The largest absolute Gasteiger partial charge is 0.493 e. The number of hydrogen-bond acceptors (Lipinski definition) is 7. The molecule has 1 spiro atoms. The van der Waals surface area contributed by atoms with Crippen molar-refractivity contribution in [1.82, 2.24) is 25.4 Å². The Morgan fingerprint density at radius 3 is 2.80 bits per heavy atom. The molecule has 2 aliphatic carbocycles. The van der Waals surface area contributed by atoms with Crippen molar-refractivity contribution in [2.75, 3.05) is 13.2 Å². The van der Waals surface area contributed by atoms with Crippen molar-refractivity contribution in [3.8, 4) is 11.6 Å². The molecule has 1 fully saturated rings. The Labute approximate surface area is 241 Å². The van der Waals surface area contributed by atoms with Gasteiger partial charge in [-0.05, 0) is 72.6 Å². The molecule has 4 N–H and O–H groups in total. The molecule has 0 bridgehead atoms. The minimum atomic E-state index is -0.925. The van der Waals surface area contributed by atoms with Gasteiger partial charge in [0.25, 0.3) is 11.8 Å². The summed E-state index contributed by atoms with van der Waals surface area (Å²) < 4.78 is 7.29. The molecule has 41 heavy (non-hydrogen) atoms. The Kier molecular flexibility index (Phi) is 6.78. The summed E-state index contributed by atoms with van der Waals surface area (Å²) in [7, 11) is 8.60. The number of ether oxygens (including phenoxy) is 1. The van der Waals surface area contributed by atoms with Crippen molar-refractivity contribution >= 4 is 35.1 Å². The second-order valence-electron chi connectivity index (χ2n) is 11.8. The highest BCUT2D eigenvalue weighted by Gasteiger charge is 2.47. The number of nitrogens with zero attached hydrogens (tertiary/aromatic N) is 3. The van der Waals surface area contributed by atoms with E-state index in [2.05, 4.69) is 24.9 Å². The third kappa shape index (κ3) is 5.17. The standard InChI is InChI=1S/C29H32BN6O4P/c1-27(30,41)16-40-19-4-5-20-18(11-19)7-10-29(20)12-21-23(25(37)34-29)24(26(38)33-15-28(39)8-2-9-28)36(35-21)22-6-3-17(13-31)14-32-22/h3-6,11,13-14,31,39H,2,7-10,12,15-16,41H2,1H3,(H,33,38)(H,34,37)/t27?,29-/m0/s1. The van der Waals surface area contributed by atoms with Gasteiger partial charge < -0.3 is 25.9 Å². The van der Waals surface area contributed by atoms with Gasteiger partial charge in [0.05, 0.1) is 36.9 Å². The first kappa shape index (κ1) is 27.6. The molecule has 1 saturated carbocycles. The number of amides is 2. The first-order valence-corrected chi connectivity index (χ1v) is 14.3. The molecule has 2 amide bonds. The van der Waals surface area contributed by atoms with Crippen LogP contribution < -0.4 is 15.4 Å². The monoisotopic (exact) mass is 570 g/mol. The fraction of sp³-hybridized carbons (Fsp3) is 0.414. The summed E-state index contributed by atoms with van der Waals surface area (Å²) >= 11 is 0. The molecule has 2 unspecified atom stereocenters. The molecule has 3 atom stereocenters. The van der Waals surface area contributed by atoms with Gasteiger partial charge in [0, 0.05) is 30.9 Å². The van der Waals surface area contributed by atoms with Crippen LogP contribution in [0.5, 0.6) is 5.75 Å². The van der Waals surface area contributed by atoms with E-state index in [0.29, 0.717) is 49.4 Å². The van der Waals surface area contributed by atoms with E-state index in [-0.39, 0.29) is 23.7 Å². The Morgan fingerprint density at radius 1 is 1.34 bits per heavy atom. The van der Waals surface area contributed by atoms with Crippen LogP contribution in [-0.4, -0.2) is 69.6 Å². The van der Waals surface area contributed by atoms with Crippen LogP contribution in [0.4, 0.5) is 0 Å². The highest BCUT2D eigenvalue weighted by Crippen LogP contribution is 2.44. The van der Waals surface area contributed by atoms with Gasteiger partial charge in [-0.3, -0.25) is 9.59 Å². The SMILES string of the molecule is [B]C(C)(P)COc1ccc2c(c1)CC[C@]21Cc2nn(-c3ccc(C=N)cn3)c(C(=O)NCC3(O)CCC3)c2C(=O)N1. The molecule has 2 radical (unpaired) electrons. The van der Waals surface area contributed by atoms with E-state index in [1.807, 2.05) is 25.1 Å². The number of nitrogens with one attached hydrogen (secondary N) is 3. The summed E-state index contributed by atoms with van der Waals surface area (Å²) in [6, 6.07) is 9.24. The van der Waals surface area contributed by atoms with E-state index in [9.17, 15) is 14.7 Å². The smallest absolute Gasteiger partial charge is 0.271 e. The van der Waals surface area contributed by atoms with Gasteiger partial charge in [0.2, 0.25) is 0 Å². The molecular weight excluding hydrogens is 538 g/mol. The van der Waals surface area contributed by atoms with Crippen LogP contribution in [0.1, 0.15) is 75.8 Å². The summed E-state index contributed by atoms with van der Waals surface area (Å²) in [5.74, 6) is 0.196. The molecular formula is C29H32BN6O4P. The lowest BCUT2D eigenvalue weighted by Crippen LogP contribution is -2.51. The molecule has 12 heteroatoms. The van der Waals surface area contributed by atoms with E-state index in [1.54, 1.807) is 12.1 Å². The fourth-order valence-electron chi connectivity index (χ4n) is 5.88. The van der Waals surface area contributed by atoms with Crippen LogP contribution in [0.3, 0.4) is 0 Å². The number of hydrogen-bond donors (Lipinski definition) is 4. The number of carbonyl (C=O) groups is 2. The molecule has 6 rings (SSSR count). The average molecular weight is 570 g/mol. The van der Waals surface area contributed by atoms with Crippen LogP contribution in [0.2, 0.25) is 0 Å². The van der Waals surface area contributed by atoms with Crippen molar-refractivity contribution in [2.24, 2.45) is 0 Å². The second-order valence-corrected chi connectivity index (χ2v) is 13.1. The molecule has 10 nitrogen and oxygen atoms in total. The van der Waals surface area contributed by atoms with Crippen molar-refractivity contribution in [2.45, 2.75) is 61.6 Å². The molecule has 3 aliphatic rings. The Balaban J connectivity index is 1.35. The number of aromatic nitrogens is 3.